The maximum atomic E-state index is 12.7. The van der Waals surface area contributed by atoms with Crippen molar-refractivity contribution in [3.63, 3.8) is 0 Å². The first-order valence-corrected chi connectivity index (χ1v) is 9.80. The van der Waals surface area contributed by atoms with Crippen LogP contribution in [0.3, 0.4) is 0 Å². The normalized spacial score (nSPS) is 16.4. The van der Waals surface area contributed by atoms with E-state index >= 15 is 0 Å². The molecule has 0 spiro atoms. The smallest absolute Gasteiger partial charge is 0.260 e. The van der Waals surface area contributed by atoms with E-state index in [-0.39, 0.29) is 24.1 Å². The third-order valence-corrected chi connectivity index (χ3v) is 5.19. The summed E-state index contributed by atoms with van der Waals surface area (Å²) in [6.07, 6.45) is 3.70. The van der Waals surface area contributed by atoms with Crippen LogP contribution in [0.4, 0.5) is 0 Å². The van der Waals surface area contributed by atoms with E-state index < -0.39 is 0 Å². The Kier molecular flexibility index (Phi) is 5.61. The van der Waals surface area contributed by atoms with Crippen molar-refractivity contribution >= 4 is 17.8 Å². The van der Waals surface area contributed by atoms with E-state index in [0.717, 1.165) is 25.9 Å². The number of hydrogen-bond donors (Lipinski definition) is 0. The van der Waals surface area contributed by atoms with Gasteiger partial charge in [0.05, 0.1) is 19.8 Å². The number of carbonyl (C=O) groups excluding carboxylic acids is 2. The molecule has 1 amide bonds. The zero-order chi connectivity index (χ0) is 21.1. The van der Waals surface area contributed by atoms with Crippen LogP contribution in [-0.2, 0) is 4.79 Å². The fourth-order valence-corrected chi connectivity index (χ4v) is 3.55. The number of ether oxygens (including phenoxy) is 4. The van der Waals surface area contributed by atoms with Crippen molar-refractivity contribution < 1.29 is 28.5 Å². The quantitative estimate of drug-likeness (QED) is 0.682. The van der Waals surface area contributed by atoms with E-state index in [4.69, 9.17) is 18.9 Å². The van der Waals surface area contributed by atoms with Gasteiger partial charge in [0.15, 0.2) is 12.4 Å². The van der Waals surface area contributed by atoms with E-state index in [1.54, 1.807) is 61.6 Å². The number of amides is 1. The molecule has 2 aliphatic rings. The molecule has 0 atom stereocenters. The van der Waals surface area contributed by atoms with Crippen molar-refractivity contribution in [2.45, 2.75) is 12.8 Å². The van der Waals surface area contributed by atoms with Gasteiger partial charge in [0.2, 0.25) is 5.78 Å². The summed E-state index contributed by atoms with van der Waals surface area (Å²) in [6.45, 7) is 1.54. The SMILES string of the molecule is COc1ccc(OC)c(C=C2Oc3cc(OCC(=O)N4CCCC4)ccc3C2=O)c1. The molecule has 30 heavy (non-hydrogen) atoms. The van der Waals surface area contributed by atoms with Crippen molar-refractivity contribution in [3.8, 4) is 23.0 Å². The zero-order valence-corrected chi connectivity index (χ0v) is 17.0. The Morgan fingerprint density at radius 3 is 2.57 bits per heavy atom. The summed E-state index contributed by atoms with van der Waals surface area (Å²) in [5.74, 6) is 2.05. The Bertz CT molecular complexity index is 1010. The lowest BCUT2D eigenvalue weighted by atomic mass is 10.1. The third-order valence-electron chi connectivity index (χ3n) is 5.19. The summed E-state index contributed by atoms with van der Waals surface area (Å²) in [5, 5.41) is 0. The first-order valence-electron chi connectivity index (χ1n) is 9.80. The lowest BCUT2D eigenvalue weighted by molar-refractivity contribution is -0.132. The van der Waals surface area contributed by atoms with E-state index in [2.05, 4.69) is 0 Å². The Balaban J connectivity index is 1.50. The van der Waals surface area contributed by atoms with E-state index in [1.165, 1.54) is 0 Å². The molecule has 4 rings (SSSR count). The number of fused-ring (bicyclic) bond motifs is 1. The van der Waals surface area contributed by atoms with Gasteiger partial charge in [-0.15, -0.1) is 0 Å². The highest BCUT2D eigenvalue weighted by molar-refractivity contribution is 6.14. The molecule has 0 radical (unpaired) electrons. The highest BCUT2D eigenvalue weighted by Crippen LogP contribution is 2.36. The predicted octanol–water partition coefficient (Wildman–Crippen LogP) is 3.32. The first-order chi connectivity index (χ1) is 14.6. The molecule has 1 saturated heterocycles. The fourth-order valence-electron chi connectivity index (χ4n) is 3.55. The van der Waals surface area contributed by atoms with Crippen LogP contribution in [0, 0.1) is 0 Å². The van der Waals surface area contributed by atoms with Gasteiger partial charge >= 0.3 is 0 Å². The van der Waals surface area contributed by atoms with Gasteiger partial charge in [-0.3, -0.25) is 9.59 Å². The Labute approximate surface area is 174 Å². The molecule has 156 valence electrons. The number of allylic oxidation sites excluding steroid dienone is 1. The summed E-state index contributed by atoms with van der Waals surface area (Å²) >= 11 is 0. The zero-order valence-electron chi connectivity index (χ0n) is 17.0. The highest BCUT2D eigenvalue weighted by atomic mass is 16.5. The van der Waals surface area contributed by atoms with Crippen LogP contribution >= 0.6 is 0 Å². The van der Waals surface area contributed by atoms with Crippen molar-refractivity contribution in [1.29, 1.82) is 0 Å². The maximum absolute atomic E-state index is 12.7. The van der Waals surface area contributed by atoms with Gasteiger partial charge in [-0.25, -0.2) is 0 Å². The number of nitrogens with zero attached hydrogens (tertiary/aromatic N) is 1. The molecule has 0 N–H and O–H groups in total. The molecule has 0 saturated carbocycles. The number of hydrogen-bond acceptors (Lipinski definition) is 6. The van der Waals surface area contributed by atoms with Crippen LogP contribution in [-0.4, -0.2) is 50.5 Å². The minimum absolute atomic E-state index is 0.0313. The number of Topliss-reactive ketones (excluding diaryl/α,β-unsaturated/α-hetero) is 1. The van der Waals surface area contributed by atoms with Crippen LogP contribution < -0.4 is 18.9 Å². The summed E-state index contributed by atoms with van der Waals surface area (Å²) in [6, 6.07) is 10.3. The van der Waals surface area contributed by atoms with Gasteiger partial charge in [-0.05, 0) is 49.2 Å². The molecular weight excluding hydrogens is 386 g/mol. The van der Waals surface area contributed by atoms with E-state index in [1.807, 2.05) is 0 Å². The molecule has 0 aromatic heterocycles. The molecule has 0 aliphatic carbocycles. The topological polar surface area (TPSA) is 74.3 Å². The van der Waals surface area contributed by atoms with E-state index in [0.29, 0.717) is 34.1 Å². The van der Waals surface area contributed by atoms with Crippen LogP contribution in [0.5, 0.6) is 23.0 Å². The molecular formula is C23H23NO6. The molecule has 2 aromatic carbocycles. The van der Waals surface area contributed by atoms with Crippen LogP contribution in [0.2, 0.25) is 0 Å². The van der Waals surface area contributed by atoms with Crippen molar-refractivity contribution in [2.75, 3.05) is 33.9 Å². The highest BCUT2D eigenvalue weighted by Gasteiger charge is 2.28. The average molecular weight is 409 g/mol. The lowest BCUT2D eigenvalue weighted by Crippen LogP contribution is -2.32. The first kappa shape index (κ1) is 19.8. The Morgan fingerprint density at radius 1 is 1.07 bits per heavy atom. The summed E-state index contributed by atoms with van der Waals surface area (Å²) in [5.41, 5.74) is 1.11. The van der Waals surface area contributed by atoms with Crippen molar-refractivity contribution in [3.05, 3.63) is 53.3 Å². The van der Waals surface area contributed by atoms with Crippen LogP contribution in [0.15, 0.2) is 42.2 Å². The van der Waals surface area contributed by atoms with Gasteiger partial charge in [-0.2, -0.15) is 0 Å². The largest absolute Gasteiger partial charge is 0.497 e. The molecule has 2 heterocycles. The predicted molar refractivity (Wildman–Crippen MR) is 110 cm³/mol. The minimum Gasteiger partial charge on any atom is -0.497 e. The summed E-state index contributed by atoms with van der Waals surface area (Å²) < 4.78 is 22.0. The monoisotopic (exact) mass is 409 g/mol. The van der Waals surface area contributed by atoms with Crippen molar-refractivity contribution in [1.82, 2.24) is 4.90 Å². The van der Waals surface area contributed by atoms with Gasteiger partial charge in [-0.1, -0.05) is 0 Å². The number of rotatable bonds is 6. The van der Waals surface area contributed by atoms with Gasteiger partial charge in [0.1, 0.15) is 23.0 Å². The number of ketones is 1. The average Bonchev–Trinajstić information content (AvgIpc) is 3.41. The minimum atomic E-state index is -0.227. The Hall–Kier alpha value is -3.48. The second-order valence-electron chi connectivity index (χ2n) is 7.08. The van der Waals surface area contributed by atoms with Crippen LogP contribution in [0.1, 0.15) is 28.8 Å². The van der Waals surface area contributed by atoms with Crippen molar-refractivity contribution in [2.24, 2.45) is 0 Å². The lowest BCUT2D eigenvalue weighted by Gasteiger charge is -2.15. The molecule has 1 fully saturated rings. The number of methoxy groups -OCH3 is 2. The molecule has 0 bridgehead atoms. The molecule has 7 nitrogen and oxygen atoms in total. The number of likely N-dealkylation sites (tertiary alicyclic amines) is 1. The van der Waals surface area contributed by atoms with Gasteiger partial charge in [0, 0.05) is 24.7 Å². The second-order valence-corrected chi connectivity index (χ2v) is 7.08. The third kappa shape index (κ3) is 3.96. The van der Waals surface area contributed by atoms with E-state index in [9.17, 15) is 9.59 Å². The second kappa shape index (κ2) is 8.49. The Morgan fingerprint density at radius 2 is 1.83 bits per heavy atom. The standard InChI is InChI=1S/C23H23NO6/c1-27-16-6-8-19(28-2)15(11-16)12-21-23(26)18-7-5-17(13-20(18)30-21)29-14-22(25)24-9-3-4-10-24/h5-8,11-13H,3-4,9-10,14H2,1-2H3. The number of carbonyl (C=O) groups is 2. The van der Waals surface area contributed by atoms with Gasteiger partial charge < -0.3 is 23.8 Å². The fraction of sp³-hybridized carbons (Fsp3) is 0.304. The van der Waals surface area contributed by atoms with Crippen LogP contribution in [0.25, 0.3) is 6.08 Å². The van der Waals surface area contributed by atoms with Gasteiger partial charge in [0.25, 0.3) is 5.91 Å². The summed E-state index contributed by atoms with van der Waals surface area (Å²) in [4.78, 5) is 26.7. The summed E-state index contributed by atoms with van der Waals surface area (Å²) in [7, 11) is 3.13. The maximum Gasteiger partial charge on any atom is 0.260 e. The molecule has 2 aliphatic heterocycles. The molecule has 7 heteroatoms. The number of benzene rings is 2. The molecule has 2 aromatic rings. The molecule has 0 unspecified atom stereocenters.